The molecule has 0 aliphatic heterocycles. The van der Waals surface area contributed by atoms with Crippen LogP contribution in [0, 0.1) is 0 Å². The summed E-state index contributed by atoms with van der Waals surface area (Å²) in [5.74, 6) is 0. The molecular formula is C34H31BNO2. The van der Waals surface area contributed by atoms with Gasteiger partial charge in [-0.2, -0.15) is 0 Å². The van der Waals surface area contributed by atoms with Crippen LogP contribution in [-0.4, -0.2) is 28.4 Å². The van der Waals surface area contributed by atoms with Gasteiger partial charge in [-0.1, -0.05) is 90.4 Å². The second-order valence-corrected chi connectivity index (χ2v) is 11.0. The van der Waals surface area contributed by atoms with Crippen LogP contribution in [0.1, 0.15) is 27.7 Å². The maximum absolute atomic E-state index is 10.5. The molecule has 0 aliphatic rings. The van der Waals surface area contributed by atoms with Crippen LogP contribution >= 0.6 is 0 Å². The van der Waals surface area contributed by atoms with Gasteiger partial charge in [0.25, 0.3) is 0 Å². The minimum Gasteiger partial charge on any atom is -0.427 e. The molecule has 4 heteroatoms. The van der Waals surface area contributed by atoms with E-state index in [9.17, 15) is 5.11 Å². The first-order chi connectivity index (χ1) is 18.2. The third-order valence-corrected chi connectivity index (χ3v) is 7.85. The van der Waals surface area contributed by atoms with Crippen LogP contribution in [0.2, 0.25) is 0 Å². The molecule has 0 fully saturated rings. The number of benzene rings is 5. The summed E-state index contributed by atoms with van der Waals surface area (Å²) in [4.78, 5) is 0. The summed E-state index contributed by atoms with van der Waals surface area (Å²) in [6.45, 7) is 7.32. The SMILES string of the molecule is CC(C)(O)C(C)(C)O[B]c1cccc(-c2ccc3c4c5ccccc5ccc4n(-c4ccccc4)c3c2)c1. The number of para-hydroxylation sites is 1. The van der Waals surface area contributed by atoms with Crippen molar-refractivity contribution < 1.29 is 9.76 Å². The number of hydrogen-bond donors (Lipinski definition) is 1. The molecule has 187 valence electrons. The molecule has 0 saturated carbocycles. The Morgan fingerprint density at radius 1 is 0.658 bits per heavy atom. The van der Waals surface area contributed by atoms with Crippen molar-refractivity contribution in [2.45, 2.75) is 38.9 Å². The van der Waals surface area contributed by atoms with Crippen molar-refractivity contribution in [2.24, 2.45) is 0 Å². The van der Waals surface area contributed by atoms with Crippen LogP contribution < -0.4 is 5.46 Å². The summed E-state index contributed by atoms with van der Waals surface area (Å²) in [7, 11) is 1.74. The first-order valence-corrected chi connectivity index (χ1v) is 13.1. The molecule has 0 aliphatic carbocycles. The van der Waals surface area contributed by atoms with Crippen LogP contribution in [-0.2, 0) is 4.65 Å². The Balaban J connectivity index is 1.50. The lowest BCUT2D eigenvalue weighted by Gasteiger charge is -2.37. The van der Waals surface area contributed by atoms with Gasteiger partial charge in [-0.25, -0.2) is 0 Å². The molecular weight excluding hydrogens is 465 g/mol. The normalized spacial score (nSPS) is 12.4. The first kappa shape index (κ1) is 24.5. The maximum atomic E-state index is 10.5. The molecule has 1 N–H and O–H groups in total. The van der Waals surface area contributed by atoms with Gasteiger partial charge in [-0.15, -0.1) is 0 Å². The number of aromatic nitrogens is 1. The Morgan fingerprint density at radius 3 is 2.18 bits per heavy atom. The summed E-state index contributed by atoms with van der Waals surface area (Å²) in [6.07, 6.45) is 0. The van der Waals surface area contributed by atoms with E-state index < -0.39 is 11.2 Å². The number of hydrogen-bond acceptors (Lipinski definition) is 2. The van der Waals surface area contributed by atoms with Crippen LogP contribution in [0.15, 0.2) is 109 Å². The average Bonchev–Trinajstić information content (AvgIpc) is 3.26. The van der Waals surface area contributed by atoms with Gasteiger partial charge < -0.3 is 14.3 Å². The predicted octanol–water partition coefficient (Wildman–Crippen LogP) is 7.41. The van der Waals surface area contributed by atoms with Gasteiger partial charge >= 0.3 is 7.48 Å². The standard InChI is InChI=1S/C34H31BNO2/c1-33(2,37)34(3,4)38-35-26-13-10-12-24(21-26)25-17-19-29-31(22-25)36(27-14-6-5-7-15-27)30-20-18-23-11-8-9-16-28(23)32(29)30/h5-22,37H,1-4H3. The molecule has 0 saturated heterocycles. The molecule has 6 aromatic rings. The summed E-state index contributed by atoms with van der Waals surface area (Å²) < 4.78 is 8.39. The molecule has 38 heavy (non-hydrogen) atoms. The Labute approximate surface area is 224 Å². The van der Waals surface area contributed by atoms with Crippen LogP contribution in [0.3, 0.4) is 0 Å². The zero-order valence-corrected chi connectivity index (χ0v) is 22.3. The molecule has 0 spiro atoms. The van der Waals surface area contributed by atoms with Gasteiger partial charge in [0.2, 0.25) is 0 Å². The van der Waals surface area contributed by atoms with Crippen molar-refractivity contribution >= 4 is 45.5 Å². The highest BCUT2D eigenvalue weighted by atomic mass is 16.5. The van der Waals surface area contributed by atoms with E-state index in [1.807, 2.05) is 26.0 Å². The third kappa shape index (κ3) is 4.20. The molecule has 3 nitrogen and oxygen atoms in total. The van der Waals surface area contributed by atoms with Crippen molar-refractivity contribution in [1.82, 2.24) is 4.57 Å². The molecule has 6 rings (SSSR count). The highest BCUT2D eigenvalue weighted by molar-refractivity contribution is 6.47. The predicted molar refractivity (Wildman–Crippen MR) is 161 cm³/mol. The van der Waals surface area contributed by atoms with Crippen LogP contribution in [0.25, 0.3) is 49.4 Å². The number of rotatable bonds is 6. The van der Waals surface area contributed by atoms with E-state index in [2.05, 4.69) is 102 Å². The highest BCUT2D eigenvalue weighted by Gasteiger charge is 2.35. The van der Waals surface area contributed by atoms with E-state index in [-0.39, 0.29) is 0 Å². The summed E-state index contributed by atoms with van der Waals surface area (Å²) in [6, 6.07) is 38.7. The van der Waals surface area contributed by atoms with Crippen LogP contribution in [0.4, 0.5) is 0 Å². The van der Waals surface area contributed by atoms with Gasteiger partial charge in [-0.3, -0.25) is 0 Å². The van der Waals surface area contributed by atoms with Gasteiger partial charge in [0.1, 0.15) is 0 Å². The van der Waals surface area contributed by atoms with Gasteiger partial charge in [0, 0.05) is 16.5 Å². The Bertz CT molecular complexity index is 1780. The molecule has 1 aromatic heterocycles. The van der Waals surface area contributed by atoms with E-state index in [1.54, 1.807) is 21.3 Å². The fourth-order valence-electron chi connectivity index (χ4n) is 4.97. The summed E-state index contributed by atoms with van der Waals surface area (Å²) in [5.41, 5.74) is 5.03. The molecule has 0 unspecified atom stereocenters. The minimum absolute atomic E-state index is 0.721. The lowest BCUT2D eigenvalue weighted by molar-refractivity contribution is -0.0893. The zero-order chi connectivity index (χ0) is 26.5. The van der Waals surface area contributed by atoms with E-state index in [0.717, 1.165) is 22.3 Å². The van der Waals surface area contributed by atoms with E-state index >= 15 is 0 Å². The smallest absolute Gasteiger partial charge is 0.330 e. The van der Waals surface area contributed by atoms with Crippen molar-refractivity contribution in [2.75, 3.05) is 0 Å². The van der Waals surface area contributed by atoms with E-state index in [4.69, 9.17) is 4.65 Å². The topological polar surface area (TPSA) is 34.4 Å². The lowest BCUT2D eigenvalue weighted by Crippen LogP contribution is -2.49. The van der Waals surface area contributed by atoms with Crippen molar-refractivity contribution in [3.8, 4) is 16.8 Å². The molecule has 5 aromatic carbocycles. The van der Waals surface area contributed by atoms with Crippen molar-refractivity contribution in [3.63, 3.8) is 0 Å². The fourth-order valence-corrected chi connectivity index (χ4v) is 4.97. The Hall–Kier alpha value is -3.86. The Kier molecular flexibility index (Phi) is 5.90. The quantitative estimate of drug-likeness (QED) is 0.244. The second-order valence-electron chi connectivity index (χ2n) is 11.0. The van der Waals surface area contributed by atoms with E-state index in [0.29, 0.717) is 0 Å². The number of aliphatic hydroxyl groups is 1. The fraction of sp³-hybridized carbons (Fsp3) is 0.176. The summed E-state index contributed by atoms with van der Waals surface area (Å²) >= 11 is 0. The molecule has 1 radical (unpaired) electrons. The molecule has 0 amide bonds. The Morgan fingerprint density at radius 2 is 1.39 bits per heavy atom. The minimum atomic E-state index is -0.971. The van der Waals surface area contributed by atoms with Gasteiger partial charge in [0.05, 0.1) is 22.2 Å². The molecule has 0 bridgehead atoms. The molecule has 1 heterocycles. The van der Waals surface area contributed by atoms with Crippen LogP contribution in [0.5, 0.6) is 0 Å². The van der Waals surface area contributed by atoms with Crippen molar-refractivity contribution in [3.05, 3.63) is 109 Å². The number of fused-ring (bicyclic) bond motifs is 5. The first-order valence-electron chi connectivity index (χ1n) is 13.1. The average molecular weight is 496 g/mol. The van der Waals surface area contributed by atoms with Crippen molar-refractivity contribution in [1.29, 1.82) is 0 Å². The lowest BCUT2D eigenvalue weighted by atomic mass is 9.81. The maximum Gasteiger partial charge on any atom is 0.330 e. The van der Waals surface area contributed by atoms with Gasteiger partial charge in [0.15, 0.2) is 0 Å². The largest absolute Gasteiger partial charge is 0.427 e. The molecule has 0 atom stereocenters. The van der Waals surface area contributed by atoms with Gasteiger partial charge in [-0.05, 0) is 73.9 Å². The summed E-state index contributed by atoms with van der Waals surface area (Å²) in [5, 5.41) is 15.5. The van der Waals surface area contributed by atoms with E-state index in [1.165, 1.54) is 32.6 Å². The highest BCUT2D eigenvalue weighted by Crippen LogP contribution is 2.38. The number of nitrogens with zero attached hydrogens (tertiary/aromatic N) is 1. The third-order valence-electron chi connectivity index (χ3n) is 7.85. The monoisotopic (exact) mass is 496 g/mol. The zero-order valence-electron chi connectivity index (χ0n) is 22.3. The second kappa shape index (κ2) is 9.16.